The first kappa shape index (κ1) is 138. The minimum absolute atomic E-state index is 0. The van der Waals surface area contributed by atoms with Crippen molar-refractivity contribution in [3.63, 3.8) is 0 Å². The normalized spacial score (nSPS) is 13.2. The number of aliphatic hydroxyl groups excluding tert-OH is 1. The van der Waals surface area contributed by atoms with Crippen LogP contribution >= 0.6 is 0 Å². The second-order valence-corrected chi connectivity index (χ2v) is 36.3. The van der Waals surface area contributed by atoms with Gasteiger partial charge in [0.25, 0.3) is 0 Å². The van der Waals surface area contributed by atoms with E-state index in [1.165, 1.54) is 77.5 Å². The van der Waals surface area contributed by atoms with E-state index >= 15 is 0 Å². The Hall–Kier alpha value is -3.36. The predicted molar refractivity (Wildman–Crippen MR) is 480 cm³/mol. The van der Waals surface area contributed by atoms with E-state index in [2.05, 4.69) is 175 Å². The van der Waals surface area contributed by atoms with Gasteiger partial charge in [-0.1, -0.05) is 270 Å². The number of esters is 3. The van der Waals surface area contributed by atoms with Crippen LogP contribution in [0.3, 0.4) is 0 Å². The van der Waals surface area contributed by atoms with Crippen molar-refractivity contribution in [2.45, 2.75) is 338 Å². The van der Waals surface area contributed by atoms with E-state index in [0.717, 1.165) is 64.2 Å². The number of rotatable bonds is 40. The number of unbranched alkanes of at least 4 members (excludes halogenated alkanes) is 3. The molecular formula is C91H165N4Na3O20S3. The molecule has 690 valence electrons. The summed E-state index contributed by atoms with van der Waals surface area (Å²) in [5.41, 5.74) is 1.31. The van der Waals surface area contributed by atoms with E-state index in [4.69, 9.17) is 19.3 Å². The predicted octanol–water partition coefficient (Wildman–Crippen LogP) is 9.30. The fourth-order valence-electron chi connectivity index (χ4n) is 8.83. The van der Waals surface area contributed by atoms with Crippen molar-refractivity contribution in [3.05, 3.63) is 108 Å². The smallest absolute Gasteiger partial charge is 0.748 e. The first-order chi connectivity index (χ1) is 54.6. The summed E-state index contributed by atoms with van der Waals surface area (Å²) in [4.78, 5) is 78.4. The summed E-state index contributed by atoms with van der Waals surface area (Å²) in [5, 5.41) is 18.6. The number of hydrogen-bond acceptors (Lipinski definition) is 20. The molecule has 24 nitrogen and oxygen atoms in total. The van der Waals surface area contributed by atoms with Gasteiger partial charge in [-0.2, -0.15) is 0 Å². The van der Waals surface area contributed by atoms with Crippen molar-refractivity contribution in [1.82, 2.24) is 21.3 Å². The summed E-state index contributed by atoms with van der Waals surface area (Å²) in [6.07, 6.45) is 15.3. The molecule has 3 aromatic carbocycles. The van der Waals surface area contributed by atoms with Gasteiger partial charge in [-0.3, -0.25) is 33.6 Å². The number of nitrogens with one attached hydrogen (secondary N) is 4. The van der Waals surface area contributed by atoms with Crippen LogP contribution in [-0.4, -0.2) is 152 Å². The summed E-state index contributed by atoms with van der Waals surface area (Å²) in [6.45, 7) is 57.2. The van der Waals surface area contributed by atoms with Crippen molar-refractivity contribution < 1.29 is 180 Å². The molecule has 0 saturated heterocycles. The van der Waals surface area contributed by atoms with Crippen molar-refractivity contribution in [2.75, 3.05) is 50.2 Å². The van der Waals surface area contributed by atoms with Gasteiger partial charge in [-0.25, -0.2) is 25.3 Å². The maximum absolute atomic E-state index is 11.5. The van der Waals surface area contributed by atoms with E-state index in [9.17, 15) is 72.5 Å². The van der Waals surface area contributed by atoms with Crippen LogP contribution in [0.1, 0.15) is 338 Å². The summed E-state index contributed by atoms with van der Waals surface area (Å²) >= 11 is 0. The molecule has 5 N–H and O–H groups in total. The minimum atomic E-state index is -4.32. The molecule has 4 amide bonds. The van der Waals surface area contributed by atoms with Gasteiger partial charge in [-0.05, 0) is 159 Å². The monoisotopic (exact) mass is 1800 g/mol. The Morgan fingerprint density at radius 1 is 0.331 bits per heavy atom. The molecule has 0 aliphatic carbocycles. The Labute approximate surface area is 803 Å². The Morgan fingerprint density at radius 3 is 0.678 bits per heavy atom. The molecule has 10 atom stereocenters. The van der Waals surface area contributed by atoms with Crippen LogP contribution in [0, 0.1) is 41.4 Å². The van der Waals surface area contributed by atoms with E-state index in [-0.39, 0.29) is 178 Å². The van der Waals surface area contributed by atoms with E-state index in [1.54, 1.807) is 20.8 Å². The van der Waals surface area contributed by atoms with Crippen LogP contribution in [0.15, 0.2) is 91.0 Å². The molecule has 0 aliphatic rings. The van der Waals surface area contributed by atoms with Crippen LogP contribution in [0.2, 0.25) is 0 Å². The average Bonchev–Trinajstić information content (AvgIpc) is 0.871. The maximum atomic E-state index is 11.5. The summed E-state index contributed by atoms with van der Waals surface area (Å²) in [5.74, 6) is -0.786. The van der Waals surface area contributed by atoms with Crippen LogP contribution in [0.25, 0.3) is 0 Å². The number of aliphatic hydroxyl groups is 1. The number of ether oxygens (including phenoxy) is 3. The quantitative estimate of drug-likeness (QED) is 0.0116. The Balaban J connectivity index is -0.000000142. The van der Waals surface area contributed by atoms with Crippen LogP contribution in [0.5, 0.6) is 0 Å². The molecule has 0 radical (unpaired) electrons. The number of carbonyl (C=O) groups is 7. The zero-order chi connectivity index (χ0) is 93.1. The molecule has 3 rings (SSSR count). The molecule has 0 heterocycles. The number of hydrogen-bond donors (Lipinski definition) is 5. The number of carbonyl (C=O) groups excluding carboxylic acids is 7. The SMILES string of the molecule is CCC(C)C(=O)NC(C)(C)CS(=O)(=O)[O-].CCC(C)C(=O)NC(C)(C)CS(=O)(=O)[O-].CCC(C)C(=O)NC(C)(C)CS(=O)(=O)[O-].CCC(C)C(=O)NCCO.CCC(C)c1ccccc1.CCC(C)c1ccccc1.CCC(C)c1ccccc1.CCCCOC(=O)C(C)CC.CCCCOC(=O)C(C)CC.CCCCOC(=O)C(C)CC.[Na+].[Na+].[Na+]. The third-order valence-corrected chi connectivity index (χ3v) is 22.1. The van der Waals surface area contributed by atoms with Gasteiger partial charge >= 0.3 is 107 Å². The Morgan fingerprint density at radius 2 is 0.521 bits per heavy atom. The molecule has 30 heteroatoms. The molecule has 121 heavy (non-hydrogen) atoms. The van der Waals surface area contributed by atoms with E-state index in [1.807, 2.05) is 76.2 Å². The van der Waals surface area contributed by atoms with E-state index < -0.39 is 64.2 Å². The minimum Gasteiger partial charge on any atom is -0.748 e. The zero-order valence-corrected chi connectivity index (χ0v) is 89.8. The van der Waals surface area contributed by atoms with Crippen molar-refractivity contribution in [1.29, 1.82) is 0 Å². The van der Waals surface area contributed by atoms with Gasteiger partial charge in [0.05, 0.1) is 91.8 Å². The first-order valence-corrected chi connectivity index (χ1v) is 47.7. The first-order valence-electron chi connectivity index (χ1n) is 42.9. The second-order valence-electron chi connectivity index (χ2n) is 32.1. The van der Waals surface area contributed by atoms with Gasteiger partial charge in [0, 0.05) is 46.8 Å². The van der Waals surface area contributed by atoms with Crippen LogP contribution < -0.4 is 110 Å². The van der Waals surface area contributed by atoms with Crippen LogP contribution in [-0.2, 0) is 78.1 Å². The summed E-state index contributed by atoms with van der Waals surface area (Å²) in [6, 6.07) is 31.9. The van der Waals surface area contributed by atoms with E-state index in [0.29, 0.717) is 63.4 Å². The summed E-state index contributed by atoms with van der Waals surface area (Å²) in [7, 11) is -13.0. The molecule has 3 aromatic rings. The van der Waals surface area contributed by atoms with Crippen molar-refractivity contribution >= 4 is 71.9 Å². The molecule has 0 bridgehead atoms. The van der Waals surface area contributed by atoms with Gasteiger partial charge in [0.15, 0.2) is 0 Å². The largest absolute Gasteiger partial charge is 1.00 e. The second kappa shape index (κ2) is 81.1. The molecular weight excluding hydrogens is 1630 g/mol. The molecule has 0 fully saturated rings. The molecule has 0 aliphatic heterocycles. The maximum Gasteiger partial charge on any atom is 1.00 e. The molecule has 0 spiro atoms. The zero-order valence-electron chi connectivity index (χ0n) is 81.3. The van der Waals surface area contributed by atoms with Crippen molar-refractivity contribution in [3.8, 4) is 0 Å². The topological polar surface area (TPSA) is 387 Å². The fraction of sp³-hybridized carbons (Fsp3) is 0.725. The third kappa shape index (κ3) is 87.1. The average molecular weight is 1800 g/mol. The molecule has 0 saturated carbocycles. The molecule has 10 unspecified atom stereocenters. The van der Waals surface area contributed by atoms with Gasteiger partial charge < -0.3 is 54.2 Å². The van der Waals surface area contributed by atoms with Crippen LogP contribution in [0.4, 0.5) is 0 Å². The standard InChI is InChI=1S/3C10H14.3C9H19NO4S.3C9H18O2.C7H15NO2.3Na/c3*1-3-9(2)10-7-5-4-6-8-10;3*1-5-7(2)8(11)10-9(3,4)6-15(12,13)14;3*1-4-6-7-11-9(10)8(3)5-2;1-3-6(2)7(10)8-4-5-9;;;/h3*4-9H,3H2,1-2H3;3*7H,5-6H2,1-4H3,(H,10,11)(H,12,13,14);3*8H,4-7H2,1-3H3;6,9H,3-5H2,1-2H3,(H,8,10);;;/q;;;;;;;;;;3*+1/p-3. The summed E-state index contributed by atoms with van der Waals surface area (Å²) < 4.78 is 110. The van der Waals surface area contributed by atoms with Gasteiger partial charge in [-0.15, -0.1) is 0 Å². The van der Waals surface area contributed by atoms with Gasteiger partial charge in [0.1, 0.15) is 0 Å². The number of benzene rings is 3. The third-order valence-electron chi connectivity index (χ3n) is 18.9. The Bertz CT molecular complexity index is 3070. The Kier molecular flexibility index (Phi) is 92.6. The van der Waals surface area contributed by atoms with Crippen molar-refractivity contribution in [2.24, 2.45) is 41.4 Å². The number of amides is 4. The van der Waals surface area contributed by atoms with Gasteiger partial charge in [0.2, 0.25) is 23.6 Å². The fourth-order valence-corrected chi connectivity index (χ4v) is 11.7. The molecule has 0 aromatic heterocycles.